The molecule has 0 heterocycles. The van der Waals surface area contributed by atoms with E-state index in [0.29, 0.717) is 0 Å². The molecule has 0 spiro atoms. The van der Waals surface area contributed by atoms with Crippen LogP contribution in [-0.2, 0) is 0 Å². The van der Waals surface area contributed by atoms with Crippen LogP contribution in [0.1, 0.15) is 374 Å². The molecule has 3 atom stereocenters. The number of unbranched alkanes of at least 4 members (excludes halogenated alkanes) is 48. The van der Waals surface area contributed by atoms with Gasteiger partial charge in [0.1, 0.15) is 0 Å². The van der Waals surface area contributed by atoms with E-state index in [1.807, 2.05) is 0 Å². The Balaban J connectivity index is 3.32. The minimum Gasteiger partial charge on any atom is -0.393 e. The highest BCUT2D eigenvalue weighted by atomic mass is 31.1. The van der Waals surface area contributed by atoms with Crippen LogP contribution >= 0.6 is 8.58 Å². The van der Waals surface area contributed by atoms with Gasteiger partial charge in [-0.1, -0.05) is 348 Å². The van der Waals surface area contributed by atoms with Crippen molar-refractivity contribution in [2.24, 2.45) is 5.92 Å². The Morgan fingerprint density at radius 3 is 0.641 bits per heavy atom. The molecule has 0 rings (SSSR count). The molecule has 0 bridgehead atoms. The molecule has 2 heteroatoms. The van der Waals surface area contributed by atoms with Gasteiger partial charge in [0.15, 0.2) is 0 Å². The third-order valence-corrected chi connectivity index (χ3v) is 16.6. The van der Waals surface area contributed by atoms with E-state index in [2.05, 4.69) is 20.8 Å². The fourth-order valence-corrected chi connectivity index (χ4v) is 11.8. The highest BCUT2D eigenvalue weighted by Gasteiger charge is 2.13. The lowest BCUT2D eigenvalue weighted by atomic mass is 9.89. The summed E-state index contributed by atoms with van der Waals surface area (Å²) in [6, 6.07) is 0. The van der Waals surface area contributed by atoms with Gasteiger partial charge < -0.3 is 5.11 Å². The number of hydrogen-bond donors (Lipinski definition) is 1. The van der Waals surface area contributed by atoms with Gasteiger partial charge in [-0.2, -0.15) is 0 Å². The van der Waals surface area contributed by atoms with Crippen LogP contribution < -0.4 is 0 Å². The Bertz CT molecular complexity index is 783. The third kappa shape index (κ3) is 56.7. The fourth-order valence-electron chi connectivity index (χ4n) is 10.5. The second-order valence-corrected chi connectivity index (χ2v) is 23.3. The standard InChI is InChI=1S/C62H127OP/c1-4-7-9-11-13-15-17-19-20-21-27-30-34-38-42-46-50-54-58-64-59-55-51-47-43-39-35-31-28-25-23-22-24-26-29-33-37-41-45-49-53-57-61(60-62(63)6-3)56-52-48-44-40-36-32-18-16-14-12-10-8-5-2/h61-64H,4-60H2,1-3H3. The lowest BCUT2D eigenvalue weighted by Crippen LogP contribution is -2.13. The third-order valence-electron chi connectivity index (χ3n) is 15.2. The summed E-state index contributed by atoms with van der Waals surface area (Å²) in [6.07, 6.45) is 82.4. The zero-order valence-corrected chi connectivity index (χ0v) is 46.4. The molecular formula is C62H127OP. The molecule has 0 aliphatic heterocycles. The predicted octanol–water partition coefficient (Wildman–Crippen LogP) is 23.2. The molecule has 0 aromatic heterocycles. The molecule has 1 N–H and O–H groups in total. The Hall–Kier alpha value is 0.390. The molecule has 3 unspecified atom stereocenters. The molecule has 0 amide bonds. The quantitative estimate of drug-likeness (QED) is 0.0476. The van der Waals surface area contributed by atoms with Crippen molar-refractivity contribution < 1.29 is 5.11 Å². The topological polar surface area (TPSA) is 20.2 Å². The average Bonchev–Trinajstić information content (AvgIpc) is 3.30. The molecule has 0 aliphatic rings. The summed E-state index contributed by atoms with van der Waals surface area (Å²) >= 11 is 0. The van der Waals surface area contributed by atoms with Crippen molar-refractivity contribution in [3.63, 3.8) is 0 Å². The molecule has 0 saturated heterocycles. The van der Waals surface area contributed by atoms with Crippen molar-refractivity contribution in [3.8, 4) is 0 Å². The van der Waals surface area contributed by atoms with E-state index in [1.165, 1.54) is 361 Å². The van der Waals surface area contributed by atoms with Gasteiger partial charge in [0.25, 0.3) is 0 Å². The summed E-state index contributed by atoms with van der Waals surface area (Å²) < 4.78 is 0. The fraction of sp³-hybridized carbons (Fsp3) is 1.00. The van der Waals surface area contributed by atoms with Crippen molar-refractivity contribution in [3.05, 3.63) is 0 Å². The molecule has 0 radical (unpaired) electrons. The van der Waals surface area contributed by atoms with Gasteiger partial charge in [0.05, 0.1) is 6.10 Å². The van der Waals surface area contributed by atoms with E-state index in [0.717, 1.165) is 18.8 Å². The lowest BCUT2D eigenvalue weighted by molar-refractivity contribution is 0.131. The van der Waals surface area contributed by atoms with Crippen molar-refractivity contribution in [1.29, 1.82) is 0 Å². The maximum Gasteiger partial charge on any atom is 0.0540 e. The first-order valence-corrected chi connectivity index (χ1v) is 32.5. The summed E-state index contributed by atoms with van der Waals surface area (Å²) in [4.78, 5) is 0. The normalized spacial score (nSPS) is 12.9. The Morgan fingerprint density at radius 2 is 0.438 bits per heavy atom. The first-order chi connectivity index (χ1) is 31.7. The van der Waals surface area contributed by atoms with Gasteiger partial charge in [-0.3, -0.25) is 0 Å². The van der Waals surface area contributed by atoms with Crippen molar-refractivity contribution in [2.45, 2.75) is 380 Å². The average molecular weight is 920 g/mol. The number of hydrogen-bond acceptors (Lipinski definition) is 1. The maximum absolute atomic E-state index is 10.4. The highest BCUT2D eigenvalue weighted by molar-refractivity contribution is 7.37. The van der Waals surface area contributed by atoms with Crippen LogP contribution in [0.4, 0.5) is 0 Å². The van der Waals surface area contributed by atoms with Gasteiger partial charge in [-0.25, -0.2) is 0 Å². The van der Waals surface area contributed by atoms with Gasteiger partial charge in [-0.15, -0.1) is 8.58 Å². The van der Waals surface area contributed by atoms with Gasteiger partial charge in [-0.05, 0) is 43.9 Å². The molecule has 386 valence electrons. The number of rotatable bonds is 59. The molecule has 0 fully saturated rings. The van der Waals surface area contributed by atoms with E-state index >= 15 is 0 Å². The van der Waals surface area contributed by atoms with Gasteiger partial charge >= 0.3 is 0 Å². The van der Waals surface area contributed by atoms with Crippen LogP contribution in [0.2, 0.25) is 0 Å². The molecule has 0 aromatic rings. The SMILES string of the molecule is CCCCCCCCCCCCCCCCCCCCPCCCCCCCCCCCCCCCCCCCCCCC(CCCCCCCCCCCCCCC)CC(O)CC. The molecule has 0 saturated carbocycles. The smallest absolute Gasteiger partial charge is 0.0540 e. The Kier molecular flexibility index (Phi) is 59.9. The van der Waals surface area contributed by atoms with Crippen LogP contribution in [0, 0.1) is 5.92 Å². The molecule has 1 nitrogen and oxygen atoms in total. The minimum atomic E-state index is -0.0744. The summed E-state index contributed by atoms with van der Waals surface area (Å²) in [5, 5.41) is 10.4. The van der Waals surface area contributed by atoms with Crippen LogP contribution in [0.5, 0.6) is 0 Å². The van der Waals surface area contributed by atoms with Crippen LogP contribution in [-0.4, -0.2) is 23.5 Å². The predicted molar refractivity (Wildman–Crippen MR) is 299 cm³/mol. The highest BCUT2D eigenvalue weighted by Crippen LogP contribution is 2.25. The van der Waals surface area contributed by atoms with Gasteiger partial charge in [0, 0.05) is 0 Å². The Morgan fingerprint density at radius 1 is 0.250 bits per heavy atom. The first-order valence-electron chi connectivity index (χ1n) is 31.1. The second kappa shape index (κ2) is 59.5. The summed E-state index contributed by atoms with van der Waals surface area (Å²) in [6.45, 7) is 6.77. The van der Waals surface area contributed by atoms with Crippen molar-refractivity contribution in [1.82, 2.24) is 0 Å². The van der Waals surface area contributed by atoms with E-state index in [1.54, 1.807) is 0 Å². The van der Waals surface area contributed by atoms with Crippen molar-refractivity contribution >= 4 is 8.58 Å². The molecule has 0 aromatic carbocycles. The Labute approximate surface area is 410 Å². The van der Waals surface area contributed by atoms with E-state index in [4.69, 9.17) is 0 Å². The summed E-state index contributed by atoms with van der Waals surface area (Å²) in [5.41, 5.74) is 0. The zero-order valence-electron chi connectivity index (χ0n) is 45.4. The van der Waals surface area contributed by atoms with Crippen LogP contribution in [0.25, 0.3) is 0 Å². The van der Waals surface area contributed by atoms with Crippen molar-refractivity contribution in [2.75, 3.05) is 12.3 Å². The van der Waals surface area contributed by atoms with Crippen LogP contribution in [0.15, 0.2) is 0 Å². The lowest BCUT2D eigenvalue weighted by Gasteiger charge is -2.20. The van der Waals surface area contributed by atoms with Crippen LogP contribution in [0.3, 0.4) is 0 Å². The maximum atomic E-state index is 10.4. The molecule has 64 heavy (non-hydrogen) atoms. The summed E-state index contributed by atoms with van der Waals surface area (Å²) in [7, 11) is 1.25. The second-order valence-electron chi connectivity index (χ2n) is 21.8. The van der Waals surface area contributed by atoms with E-state index < -0.39 is 0 Å². The van der Waals surface area contributed by atoms with Gasteiger partial charge in [0.2, 0.25) is 0 Å². The first kappa shape index (κ1) is 64.4. The molecule has 0 aliphatic carbocycles. The minimum absolute atomic E-state index is 0.0744. The zero-order chi connectivity index (χ0) is 46.2. The van der Waals surface area contributed by atoms with E-state index in [9.17, 15) is 5.11 Å². The monoisotopic (exact) mass is 919 g/mol. The van der Waals surface area contributed by atoms with E-state index in [-0.39, 0.29) is 6.10 Å². The largest absolute Gasteiger partial charge is 0.393 e. The number of aliphatic hydroxyl groups is 1. The summed E-state index contributed by atoms with van der Waals surface area (Å²) in [5.74, 6) is 0.760. The molecular weight excluding hydrogens is 792 g/mol. The number of aliphatic hydroxyl groups excluding tert-OH is 1.